The minimum atomic E-state index is 0. The van der Waals surface area contributed by atoms with Crippen molar-refractivity contribution in [1.29, 1.82) is 0 Å². The van der Waals surface area contributed by atoms with Crippen molar-refractivity contribution in [2.24, 2.45) is 13.0 Å². The number of nitrogens with zero attached hydrogens (tertiary/aromatic N) is 2. The van der Waals surface area contributed by atoms with E-state index in [-0.39, 0.29) is 24.8 Å². The van der Waals surface area contributed by atoms with Crippen LogP contribution in [0.2, 0.25) is 0 Å². The van der Waals surface area contributed by atoms with Crippen molar-refractivity contribution in [2.45, 2.75) is 26.3 Å². The van der Waals surface area contributed by atoms with Crippen molar-refractivity contribution in [1.82, 2.24) is 14.9 Å². The number of aromatic nitrogens is 2. The third-order valence-corrected chi connectivity index (χ3v) is 2.90. The largest absolute Gasteiger partial charge is 0.380 e. The first kappa shape index (κ1) is 17.7. The molecule has 1 unspecified atom stereocenters. The van der Waals surface area contributed by atoms with E-state index >= 15 is 0 Å². The molecule has 0 aliphatic carbocycles. The van der Waals surface area contributed by atoms with Crippen molar-refractivity contribution < 1.29 is 4.74 Å². The first-order chi connectivity index (χ1) is 7.68. The Labute approximate surface area is 121 Å². The molecule has 1 aliphatic rings. The van der Waals surface area contributed by atoms with Crippen LogP contribution in [-0.4, -0.2) is 29.3 Å². The van der Waals surface area contributed by atoms with Crippen LogP contribution >= 0.6 is 24.8 Å². The van der Waals surface area contributed by atoms with Crippen molar-refractivity contribution in [3.63, 3.8) is 0 Å². The molecule has 0 bridgehead atoms. The Morgan fingerprint density at radius 1 is 1.50 bits per heavy atom. The average molecular weight is 296 g/mol. The summed E-state index contributed by atoms with van der Waals surface area (Å²) < 4.78 is 7.86. The summed E-state index contributed by atoms with van der Waals surface area (Å²) in [5, 5.41) is 3.39. The van der Waals surface area contributed by atoms with E-state index in [1.54, 1.807) is 0 Å². The molecule has 106 valence electrons. The van der Waals surface area contributed by atoms with Gasteiger partial charge in [0.2, 0.25) is 0 Å². The smallest absolute Gasteiger partial charge is 0.0949 e. The molecular weight excluding hydrogens is 273 g/mol. The lowest BCUT2D eigenvalue weighted by atomic mass is 10.0. The highest BCUT2D eigenvalue weighted by Gasteiger charge is 2.24. The summed E-state index contributed by atoms with van der Waals surface area (Å²) in [7, 11) is 2.06. The number of ether oxygens (including phenoxy) is 1. The summed E-state index contributed by atoms with van der Waals surface area (Å²) >= 11 is 0. The van der Waals surface area contributed by atoms with E-state index in [0.29, 0.717) is 11.8 Å². The zero-order chi connectivity index (χ0) is 11.5. The summed E-state index contributed by atoms with van der Waals surface area (Å²) in [6, 6.07) is 0. The second-order valence-electron chi connectivity index (χ2n) is 4.95. The quantitative estimate of drug-likeness (QED) is 0.925. The third-order valence-electron chi connectivity index (χ3n) is 2.90. The number of fused-ring (bicyclic) bond motifs is 1. The van der Waals surface area contributed by atoms with Crippen LogP contribution in [0.15, 0.2) is 6.33 Å². The number of nitrogens with one attached hydrogen (secondary N) is 1. The number of imidazole rings is 1. The maximum atomic E-state index is 5.73. The van der Waals surface area contributed by atoms with Gasteiger partial charge in [-0.1, -0.05) is 13.8 Å². The third kappa shape index (κ3) is 4.12. The Balaban J connectivity index is 0.00000144. The molecule has 1 aromatic rings. The molecular formula is C12H23Cl2N3O. The lowest BCUT2D eigenvalue weighted by molar-refractivity contribution is 0.0939. The molecule has 0 spiro atoms. The predicted octanol–water partition coefficient (Wildman–Crippen LogP) is 2.12. The zero-order valence-corrected chi connectivity index (χ0v) is 12.8. The van der Waals surface area contributed by atoms with Gasteiger partial charge < -0.3 is 14.6 Å². The first-order valence-electron chi connectivity index (χ1n) is 5.97. The van der Waals surface area contributed by atoms with E-state index in [0.717, 1.165) is 26.3 Å². The van der Waals surface area contributed by atoms with Crippen LogP contribution in [0.5, 0.6) is 0 Å². The summed E-state index contributed by atoms with van der Waals surface area (Å²) in [6.07, 6.45) is 1.90. The Hall–Kier alpha value is -0.290. The molecule has 1 atom stereocenters. The maximum Gasteiger partial charge on any atom is 0.0949 e. The molecule has 0 radical (unpaired) electrons. The Morgan fingerprint density at radius 3 is 2.89 bits per heavy atom. The molecule has 2 heterocycles. The second-order valence-corrected chi connectivity index (χ2v) is 4.95. The fourth-order valence-electron chi connectivity index (χ4n) is 2.19. The van der Waals surface area contributed by atoms with Crippen LogP contribution in [0.4, 0.5) is 0 Å². The van der Waals surface area contributed by atoms with Crippen molar-refractivity contribution in [3.8, 4) is 0 Å². The van der Waals surface area contributed by atoms with Gasteiger partial charge in [0.15, 0.2) is 0 Å². The molecule has 0 aromatic carbocycles. The van der Waals surface area contributed by atoms with E-state index in [4.69, 9.17) is 4.74 Å². The highest BCUT2D eigenvalue weighted by molar-refractivity contribution is 5.85. The van der Waals surface area contributed by atoms with Gasteiger partial charge in [0.05, 0.1) is 18.6 Å². The van der Waals surface area contributed by atoms with Crippen LogP contribution in [-0.2, 0) is 18.3 Å². The van der Waals surface area contributed by atoms with E-state index in [2.05, 4.69) is 35.8 Å². The molecule has 0 saturated heterocycles. The summed E-state index contributed by atoms with van der Waals surface area (Å²) in [4.78, 5) is 4.39. The van der Waals surface area contributed by atoms with E-state index in [9.17, 15) is 0 Å². The van der Waals surface area contributed by atoms with E-state index < -0.39 is 0 Å². The van der Waals surface area contributed by atoms with Gasteiger partial charge in [-0.15, -0.1) is 24.8 Å². The lowest BCUT2D eigenvalue weighted by Gasteiger charge is -2.24. The molecule has 0 fully saturated rings. The van der Waals surface area contributed by atoms with Gasteiger partial charge in [0.25, 0.3) is 0 Å². The molecule has 2 rings (SSSR count). The fourth-order valence-corrected chi connectivity index (χ4v) is 2.19. The summed E-state index contributed by atoms with van der Waals surface area (Å²) in [5.41, 5.74) is 2.51. The molecule has 18 heavy (non-hydrogen) atoms. The second kappa shape index (κ2) is 8.00. The fraction of sp³-hybridized carbons (Fsp3) is 0.750. The topological polar surface area (TPSA) is 39.1 Å². The zero-order valence-electron chi connectivity index (χ0n) is 11.2. The van der Waals surface area contributed by atoms with Gasteiger partial charge in [0, 0.05) is 38.4 Å². The van der Waals surface area contributed by atoms with Crippen LogP contribution in [0.3, 0.4) is 0 Å². The molecule has 0 saturated carbocycles. The van der Waals surface area contributed by atoms with Gasteiger partial charge in [-0.3, -0.25) is 0 Å². The number of hydrogen-bond acceptors (Lipinski definition) is 3. The Bertz CT molecular complexity index is 355. The van der Waals surface area contributed by atoms with Crippen molar-refractivity contribution in [3.05, 3.63) is 17.7 Å². The standard InChI is InChI=1S/C12H21N3O.2ClH/c1-9(2)6-16-7-10-4-13-5-11-12(10)15(3)8-14-11;;/h8-10,13H,4-7H2,1-3H3;2*1H. The summed E-state index contributed by atoms with van der Waals surface area (Å²) in [5.74, 6) is 1.04. The number of halogens is 2. The molecule has 6 heteroatoms. The van der Waals surface area contributed by atoms with Crippen LogP contribution < -0.4 is 5.32 Å². The van der Waals surface area contributed by atoms with Crippen molar-refractivity contribution >= 4 is 24.8 Å². The minimum Gasteiger partial charge on any atom is -0.380 e. The SMILES string of the molecule is CC(C)COCC1CNCc2ncn(C)c21.Cl.Cl. The highest BCUT2D eigenvalue weighted by atomic mass is 35.5. The van der Waals surface area contributed by atoms with Gasteiger partial charge in [0.1, 0.15) is 0 Å². The monoisotopic (exact) mass is 295 g/mol. The van der Waals surface area contributed by atoms with Crippen LogP contribution in [0.1, 0.15) is 31.2 Å². The van der Waals surface area contributed by atoms with Crippen LogP contribution in [0, 0.1) is 5.92 Å². The number of hydrogen-bond donors (Lipinski definition) is 1. The maximum absolute atomic E-state index is 5.73. The van der Waals surface area contributed by atoms with Gasteiger partial charge in [-0.25, -0.2) is 4.98 Å². The van der Waals surface area contributed by atoms with Crippen molar-refractivity contribution in [2.75, 3.05) is 19.8 Å². The van der Waals surface area contributed by atoms with Crippen LogP contribution in [0.25, 0.3) is 0 Å². The Kier molecular flexibility index (Phi) is 7.87. The minimum absolute atomic E-state index is 0. The number of rotatable bonds is 4. The molecule has 1 aromatic heterocycles. The van der Waals surface area contributed by atoms with Gasteiger partial charge >= 0.3 is 0 Å². The lowest BCUT2D eigenvalue weighted by Crippen LogP contribution is -2.32. The highest BCUT2D eigenvalue weighted by Crippen LogP contribution is 2.22. The summed E-state index contributed by atoms with van der Waals surface area (Å²) in [6.45, 7) is 7.85. The predicted molar refractivity (Wildman–Crippen MR) is 77.8 cm³/mol. The van der Waals surface area contributed by atoms with E-state index in [1.165, 1.54) is 11.4 Å². The molecule has 1 aliphatic heterocycles. The number of aryl methyl sites for hydroxylation is 1. The van der Waals surface area contributed by atoms with Gasteiger partial charge in [-0.05, 0) is 5.92 Å². The Morgan fingerprint density at radius 2 is 2.22 bits per heavy atom. The normalized spacial score (nSPS) is 17.9. The average Bonchev–Trinajstić information content (AvgIpc) is 2.61. The molecule has 0 amide bonds. The molecule has 1 N–H and O–H groups in total. The van der Waals surface area contributed by atoms with Gasteiger partial charge in [-0.2, -0.15) is 0 Å². The van der Waals surface area contributed by atoms with E-state index in [1.807, 2.05) is 6.33 Å². The first-order valence-corrected chi connectivity index (χ1v) is 5.97. The molecule has 4 nitrogen and oxygen atoms in total.